The van der Waals surface area contributed by atoms with Crippen LogP contribution in [0.25, 0.3) is 0 Å². The number of fused-ring (bicyclic) bond motifs is 5. The van der Waals surface area contributed by atoms with E-state index >= 15 is 0 Å². The highest BCUT2D eigenvalue weighted by molar-refractivity contribution is 5.89. The van der Waals surface area contributed by atoms with Crippen molar-refractivity contribution in [2.45, 2.75) is 38.5 Å². The van der Waals surface area contributed by atoms with Gasteiger partial charge in [0, 0.05) is 11.8 Å². The largest absolute Gasteiger partial charge is 0.354 e. The molecule has 3 nitrogen and oxygen atoms in total. The van der Waals surface area contributed by atoms with Gasteiger partial charge in [0.1, 0.15) is 5.72 Å². The smallest absolute Gasteiger partial charge is 0.229 e. The molecule has 1 spiro atoms. The summed E-state index contributed by atoms with van der Waals surface area (Å²) >= 11 is 0. The van der Waals surface area contributed by atoms with Crippen LogP contribution in [0.5, 0.6) is 0 Å². The molecule has 0 aromatic heterocycles. The first kappa shape index (κ1) is 7.69. The summed E-state index contributed by atoms with van der Waals surface area (Å²) in [5, 5.41) is 0. The fourth-order valence-corrected chi connectivity index (χ4v) is 3.99. The molecule has 0 aromatic rings. The molecular formula is C11H15NO2. The lowest BCUT2D eigenvalue weighted by molar-refractivity contribution is -0.145. The number of hydrogen-bond donors (Lipinski definition) is 0. The second-order valence-corrected chi connectivity index (χ2v) is 5.77. The molecule has 2 heterocycles. The van der Waals surface area contributed by atoms with Crippen LogP contribution in [-0.4, -0.2) is 29.2 Å². The van der Waals surface area contributed by atoms with Crippen LogP contribution >= 0.6 is 0 Å². The number of carbonyl (C=O) groups excluding carboxylic acids is 1. The van der Waals surface area contributed by atoms with E-state index in [2.05, 4.69) is 0 Å². The van der Waals surface area contributed by atoms with Crippen LogP contribution in [0.2, 0.25) is 0 Å². The van der Waals surface area contributed by atoms with Gasteiger partial charge in [-0.15, -0.1) is 0 Å². The van der Waals surface area contributed by atoms with Crippen molar-refractivity contribution < 1.29 is 9.53 Å². The summed E-state index contributed by atoms with van der Waals surface area (Å²) in [6.07, 6.45) is 2.58. The van der Waals surface area contributed by atoms with Crippen LogP contribution in [0.1, 0.15) is 26.7 Å². The van der Waals surface area contributed by atoms with Crippen molar-refractivity contribution >= 4 is 5.91 Å². The monoisotopic (exact) mass is 193 g/mol. The van der Waals surface area contributed by atoms with Crippen molar-refractivity contribution in [1.82, 2.24) is 4.90 Å². The van der Waals surface area contributed by atoms with E-state index in [4.69, 9.17) is 4.74 Å². The number of carbonyl (C=O) groups is 1. The standard InChI is InChI=1S/C11H15NO2/c1-10(2)12-6(5-14-10)7-8(9(12)13)11(7)3-4-11/h6-8H,3-5H2,1-2H3/t6-,7?,8-/m1/s1. The highest BCUT2D eigenvalue weighted by Crippen LogP contribution is 2.80. The van der Waals surface area contributed by atoms with Gasteiger partial charge in [-0.25, -0.2) is 0 Å². The molecule has 1 amide bonds. The van der Waals surface area contributed by atoms with Crippen LogP contribution in [0.4, 0.5) is 0 Å². The van der Waals surface area contributed by atoms with Gasteiger partial charge >= 0.3 is 0 Å². The third kappa shape index (κ3) is 0.577. The zero-order chi connectivity index (χ0) is 9.72. The van der Waals surface area contributed by atoms with Gasteiger partial charge in [0.25, 0.3) is 0 Å². The van der Waals surface area contributed by atoms with Gasteiger partial charge in [0.15, 0.2) is 0 Å². The maximum absolute atomic E-state index is 12.1. The molecule has 0 aromatic carbocycles. The quantitative estimate of drug-likeness (QED) is 0.574. The van der Waals surface area contributed by atoms with Crippen molar-refractivity contribution in [3.8, 4) is 0 Å². The Morgan fingerprint density at radius 2 is 2.14 bits per heavy atom. The van der Waals surface area contributed by atoms with Crippen molar-refractivity contribution in [2.24, 2.45) is 17.3 Å². The first-order chi connectivity index (χ1) is 6.58. The minimum Gasteiger partial charge on any atom is -0.354 e. The lowest BCUT2D eigenvalue weighted by atomic mass is 10.1. The zero-order valence-corrected chi connectivity index (χ0v) is 8.62. The van der Waals surface area contributed by atoms with Crippen LogP contribution < -0.4 is 0 Å². The molecule has 4 aliphatic rings. The van der Waals surface area contributed by atoms with E-state index in [-0.39, 0.29) is 5.72 Å². The lowest BCUT2D eigenvalue weighted by Crippen LogP contribution is -2.46. The molecule has 2 saturated heterocycles. The summed E-state index contributed by atoms with van der Waals surface area (Å²) in [4.78, 5) is 14.2. The average molecular weight is 193 g/mol. The third-order valence-electron chi connectivity index (χ3n) is 4.80. The maximum Gasteiger partial charge on any atom is 0.229 e. The summed E-state index contributed by atoms with van der Waals surface area (Å²) in [5.41, 5.74) is 0.132. The second kappa shape index (κ2) is 1.75. The minimum absolute atomic E-state index is 0.342. The summed E-state index contributed by atoms with van der Waals surface area (Å²) in [6, 6.07) is 0.407. The molecule has 0 bridgehead atoms. The number of hydrogen-bond acceptors (Lipinski definition) is 2. The Bertz CT molecular complexity index is 345. The van der Waals surface area contributed by atoms with Crippen molar-refractivity contribution in [3.05, 3.63) is 0 Å². The van der Waals surface area contributed by atoms with Gasteiger partial charge in [-0.2, -0.15) is 0 Å². The maximum atomic E-state index is 12.1. The molecule has 2 aliphatic heterocycles. The predicted molar refractivity (Wildman–Crippen MR) is 49.3 cm³/mol. The van der Waals surface area contributed by atoms with E-state index in [1.165, 1.54) is 12.8 Å². The molecule has 4 fully saturated rings. The molecule has 0 radical (unpaired) electrons. The van der Waals surface area contributed by atoms with Crippen molar-refractivity contribution in [1.29, 1.82) is 0 Å². The number of amides is 1. The number of nitrogens with zero attached hydrogens (tertiary/aromatic N) is 1. The first-order valence-corrected chi connectivity index (χ1v) is 5.55. The highest BCUT2D eigenvalue weighted by Gasteiger charge is 2.83. The molecule has 14 heavy (non-hydrogen) atoms. The van der Waals surface area contributed by atoms with Crippen LogP contribution in [0.15, 0.2) is 0 Å². The normalized spacial score (nSPS) is 49.4. The molecule has 0 N–H and O–H groups in total. The topological polar surface area (TPSA) is 29.5 Å². The van der Waals surface area contributed by atoms with E-state index in [9.17, 15) is 4.79 Å². The van der Waals surface area contributed by atoms with Gasteiger partial charge in [-0.3, -0.25) is 4.79 Å². The number of ether oxygens (including phenoxy) is 1. The summed E-state index contributed by atoms with van der Waals surface area (Å²) in [7, 11) is 0. The Hall–Kier alpha value is -0.570. The van der Waals surface area contributed by atoms with Crippen molar-refractivity contribution in [3.63, 3.8) is 0 Å². The Kier molecular flexibility index (Phi) is 0.963. The SMILES string of the molecule is CC1(C)OC[C@@H]2C3[C@H](C(=O)N21)C31CC1. The lowest BCUT2D eigenvalue weighted by Gasteiger charge is -2.31. The molecular weight excluding hydrogens is 178 g/mol. The zero-order valence-electron chi connectivity index (χ0n) is 8.62. The molecule has 4 rings (SSSR count). The summed E-state index contributed by atoms with van der Waals surface area (Å²) < 4.78 is 5.70. The number of piperidine rings is 1. The Balaban J connectivity index is 1.75. The Morgan fingerprint density at radius 1 is 1.43 bits per heavy atom. The molecule has 2 saturated carbocycles. The van der Waals surface area contributed by atoms with Crippen LogP contribution in [0.3, 0.4) is 0 Å². The van der Waals surface area contributed by atoms with E-state index < -0.39 is 0 Å². The van der Waals surface area contributed by atoms with E-state index in [1.807, 2.05) is 18.7 Å². The summed E-state index contributed by atoms with van der Waals surface area (Å²) in [5.74, 6) is 1.41. The fourth-order valence-electron chi connectivity index (χ4n) is 3.99. The molecule has 3 atom stereocenters. The third-order valence-corrected chi connectivity index (χ3v) is 4.80. The van der Waals surface area contributed by atoms with E-state index in [0.717, 1.165) is 6.61 Å². The van der Waals surface area contributed by atoms with Gasteiger partial charge in [0.05, 0.1) is 12.6 Å². The average Bonchev–Trinajstić information content (AvgIpc) is 2.95. The first-order valence-electron chi connectivity index (χ1n) is 5.55. The van der Waals surface area contributed by atoms with Gasteiger partial charge < -0.3 is 9.64 Å². The molecule has 1 unspecified atom stereocenters. The highest BCUT2D eigenvalue weighted by atomic mass is 16.5. The van der Waals surface area contributed by atoms with Gasteiger partial charge in [0.2, 0.25) is 5.91 Å². The minimum atomic E-state index is -0.342. The van der Waals surface area contributed by atoms with Gasteiger partial charge in [-0.1, -0.05) is 0 Å². The predicted octanol–water partition coefficient (Wildman–Crippen LogP) is 0.990. The van der Waals surface area contributed by atoms with E-state index in [1.54, 1.807) is 0 Å². The Labute approximate surface area is 83.4 Å². The second-order valence-electron chi connectivity index (χ2n) is 5.77. The van der Waals surface area contributed by atoms with Crippen LogP contribution in [-0.2, 0) is 9.53 Å². The number of rotatable bonds is 0. The molecule has 2 aliphatic carbocycles. The fraction of sp³-hybridized carbons (Fsp3) is 0.909. The molecule has 3 heteroatoms. The van der Waals surface area contributed by atoms with Crippen LogP contribution in [0, 0.1) is 17.3 Å². The van der Waals surface area contributed by atoms with E-state index in [0.29, 0.717) is 29.2 Å². The summed E-state index contributed by atoms with van der Waals surface area (Å²) in [6.45, 7) is 4.78. The van der Waals surface area contributed by atoms with Gasteiger partial charge in [-0.05, 0) is 32.1 Å². The molecule has 76 valence electrons. The Morgan fingerprint density at radius 3 is 2.79 bits per heavy atom. The van der Waals surface area contributed by atoms with Crippen molar-refractivity contribution in [2.75, 3.05) is 6.61 Å².